The number of rotatable bonds is 5. The summed E-state index contributed by atoms with van der Waals surface area (Å²) in [7, 11) is 0. The lowest BCUT2D eigenvalue weighted by Crippen LogP contribution is -2.20. The fraction of sp³-hybridized carbons (Fsp3) is 0.600. The number of anilines is 1. The zero-order valence-corrected chi connectivity index (χ0v) is 12.0. The minimum atomic E-state index is 0.460. The molecule has 2 aromatic rings. The lowest BCUT2D eigenvalue weighted by atomic mass is 9.98. The van der Waals surface area contributed by atoms with Gasteiger partial charge < -0.3 is 10.1 Å². The SMILES string of the molecule is Cc1ccn2nc(NCCOC3CCCCC3)nc2c1. The van der Waals surface area contributed by atoms with E-state index in [2.05, 4.69) is 22.3 Å². The number of hydrogen-bond donors (Lipinski definition) is 1. The molecule has 0 amide bonds. The van der Waals surface area contributed by atoms with Crippen molar-refractivity contribution in [1.29, 1.82) is 0 Å². The molecule has 2 aromatic heterocycles. The molecule has 1 saturated carbocycles. The normalized spacial score (nSPS) is 16.6. The molecule has 0 atom stereocenters. The Morgan fingerprint density at radius 2 is 2.20 bits per heavy atom. The average molecular weight is 274 g/mol. The standard InChI is InChI=1S/C15H22N4O/c1-12-7-9-19-14(11-12)17-15(18-19)16-8-10-20-13-5-3-2-4-6-13/h7,9,11,13H,2-6,8,10H2,1H3,(H,16,18). The monoisotopic (exact) mass is 274 g/mol. The molecule has 0 saturated heterocycles. The molecule has 0 unspecified atom stereocenters. The second-order valence-electron chi connectivity index (χ2n) is 5.50. The molecule has 0 aliphatic heterocycles. The van der Waals surface area contributed by atoms with Gasteiger partial charge in [-0.1, -0.05) is 19.3 Å². The predicted molar refractivity (Wildman–Crippen MR) is 79.0 cm³/mol. The highest BCUT2D eigenvalue weighted by Gasteiger charge is 2.13. The van der Waals surface area contributed by atoms with Crippen molar-refractivity contribution in [3.8, 4) is 0 Å². The molecule has 0 spiro atoms. The molecular formula is C15H22N4O. The number of pyridine rings is 1. The summed E-state index contributed by atoms with van der Waals surface area (Å²) in [4.78, 5) is 4.44. The van der Waals surface area contributed by atoms with Gasteiger partial charge in [0.25, 0.3) is 0 Å². The molecule has 3 rings (SSSR count). The molecule has 20 heavy (non-hydrogen) atoms. The van der Waals surface area contributed by atoms with E-state index in [1.807, 2.05) is 18.3 Å². The van der Waals surface area contributed by atoms with Gasteiger partial charge in [-0.25, -0.2) is 4.52 Å². The predicted octanol–water partition coefficient (Wildman–Crippen LogP) is 2.80. The lowest BCUT2D eigenvalue weighted by molar-refractivity contribution is 0.0347. The maximum Gasteiger partial charge on any atom is 0.243 e. The van der Waals surface area contributed by atoms with Crippen LogP contribution < -0.4 is 5.32 Å². The summed E-state index contributed by atoms with van der Waals surface area (Å²) in [5.74, 6) is 0.669. The van der Waals surface area contributed by atoms with Gasteiger partial charge in [0.1, 0.15) is 0 Å². The van der Waals surface area contributed by atoms with Gasteiger partial charge in [0.15, 0.2) is 5.65 Å². The van der Waals surface area contributed by atoms with Gasteiger partial charge in [-0.3, -0.25) is 0 Å². The van der Waals surface area contributed by atoms with Crippen LogP contribution in [0.15, 0.2) is 18.3 Å². The summed E-state index contributed by atoms with van der Waals surface area (Å²) in [5.41, 5.74) is 2.07. The number of nitrogens with zero attached hydrogens (tertiary/aromatic N) is 3. The summed E-state index contributed by atoms with van der Waals surface area (Å²) in [6.07, 6.45) is 8.81. The number of aromatic nitrogens is 3. The highest BCUT2D eigenvalue weighted by Crippen LogP contribution is 2.19. The molecule has 0 aromatic carbocycles. The van der Waals surface area contributed by atoms with Crippen molar-refractivity contribution in [2.24, 2.45) is 0 Å². The van der Waals surface area contributed by atoms with Crippen LogP contribution in [0.3, 0.4) is 0 Å². The Labute approximate surface area is 119 Å². The fourth-order valence-corrected chi connectivity index (χ4v) is 2.68. The maximum atomic E-state index is 5.87. The molecule has 1 N–H and O–H groups in total. The topological polar surface area (TPSA) is 51.5 Å². The Kier molecular flexibility index (Phi) is 4.16. The second kappa shape index (κ2) is 6.22. The lowest BCUT2D eigenvalue weighted by Gasteiger charge is -2.21. The van der Waals surface area contributed by atoms with Crippen LogP contribution in [0.5, 0.6) is 0 Å². The van der Waals surface area contributed by atoms with E-state index < -0.39 is 0 Å². The van der Waals surface area contributed by atoms with Gasteiger partial charge in [0.2, 0.25) is 5.95 Å². The first-order chi connectivity index (χ1) is 9.81. The van der Waals surface area contributed by atoms with Crippen LogP contribution in [0.25, 0.3) is 5.65 Å². The van der Waals surface area contributed by atoms with Gasteiger partial charge >= 0.3 is 0 Å². The quantitative estimate of drug-likeness (QED) is 0.852. The number of hydrogen-bond acceptors (Lipinski definition) is 4. The van der Waals surface area contributed by atoms with Gasteiger partial charge in [-0.05, 0) is 37.5 Å². The van der Waals surface area contributed by atoms with Crippen LogP contribution in [0.1, 0.15) is 37.7 Å². The van der Waals surface area contributed by atoms with E-state index in [0.717, 1.165) is 18.8 Å². The van der Waals surface area contributed by atoms with Crippen LogP contribution in [0, 0.1) is 6.92 Å². The molecule has 1 fully saturated rings. The molecule has 0 bridgehead atoms. The van der Waals surface area contributed by atoms with E-state index in [4.69, 9.17) is 4.74 Å². The van der Waals surface area contributed by atoms with Crippen molar-refractivity contribution in [2.75, 3.05) is 18.5 Å². The number of aryl methyl sites for hydroxylation is 1. The van der Waals surface area contributed by atoms with Crippen molar-refractivity contribution in [3.63, 3.8) is 0 Å². The molecule has 0 radical (unpaired) electrons. The first kappa shape index (κ1) is 13.4. The van der Waals surface area contributed by atoms with Crippen molar-refractivity contribution >= 4 is 11.6 Å². The summed E-state index contributed by atoms with van der Waals surface area (Å²) >= 11 is 0. The third-order valence-corrected chi connectivity index (χ3v) is 3.78. The minimum Gasteiger partial charge on any atom is -0.376 e. The van der Waals surface area contributed by atoms with E-state index in [9.17, 15) is 0 Å². The molecule has 5 nitrogen and oxygen atoms in total. The first-order valence-corrected chi connectivity index (χ1v) is 7.50. The highest BCUT2D eigenvalue weighted by molar-refractivity contribution is 5.45. The second-order valence-corrected chi connectivity index (χ2v) is 5.50. The number of nitrogens with one attached hydrogen (secondary N) is 1. The molecule has 2 heterocycles. The van der Waals surface area contributed by atoms with E-state index in [-0.39, 0.29) is 0 Å². The van der Waals surface area contributed by atoms with Crippen LogP contribution in [0.4, 0.5) is 5.95 Å². The van der Waals surface area contributed by atoms with Gasteiger partial charge in [-0.15, -0.1) is 5.10 Å². The molecular weight excluding hydrogens is 252 g/mol. The third-order valence-electron chi connectivity index (χ3n) is 3.78. The Hall–Kier alpha value is -1.62. The van der Waals surface area contributed by atoms with Gasteiger partial charge in [-0.2, -0.15) is 4.98 Å². The molecule has 5 heteroatoms. The highest BCUT2D eigenvalue weighted by atomic mass is 16.5. The number of ether oxygens (including phenoxy) is 1. The third kappa shape index (κ3) is 3.28. The van der Waals surface area contributed by atoms with Crippen molar-refractivity contribution < 1.29 is 4.74 Å². The smallest absolute Gasteiger partial charge is 0.243 e. The average Bonchev–Trinajstić information content (AvgIpc) is 2.86. The Morgan fingerprint density at radius 3 is 3.05 bits per heavy atom. The van der Waals surface area contributed by atoms with Crippen LogP contribution in [-0.4, -0.2) is 33.9 Å². The molecule has 1 aliphatic carbocycles. The van der Waals surface area contributed by atoms with Crippen LogP contribution in [-0.2, 0) is 4.74 Å². The maximum absolute atomic E-state index is 5.87. The summed E-state index contributed by atoms with van der Waals surface area (Å²) < 4.78 is 7.66. The minimum absolute atomic E-state index is 0.460. The van der Waals surface area contributed by atoms with Crippen LogP contribution in [0.2, 0.25) is 0 Å². The van der Waals surface area contributed by atoms with E-state index in [0.29, 0.717) is 12.1 Å². The van der Waals surface area contributed by atoms with Crippen molar-refractivity contribution in [1.82, 2.24) is 14.6 Å². The van der Waals surface area contributed by atoms with E-state index >= 15 is 0 Å². The Balaban J connectivity index is 1.47. The Morgan fingerprint density at radius 1 is 1.35 bits per heavy atom. The largest absolute Gasteiger partial charge is 0.376 e. The van der Waals surface area contributed by atoms with E-state index in [1.54, 1.807) is 4.52 Å². The van der Waals surface area contributed by atoms with Gasteiger partial charge in [0.05, 0.1) is 12.7 Å². The van der Waals surface area contributed by atoms with E-state index in [1.165, 1.54) is 37.7 Å². The zero-order chi connectivity index (χ0) is 13.8. The van der Waals surface area contributed by atoms with Crippen molar-refractivity contribution in [2.45, 2.75) is 45.1 Å². The zero-order valence-electron chi connectivity index (χ0n) is 12.0. The molecule has 108 valence electrons. The first-order valence-electron chi connectivity index (χ1n) is 7.50. The number of fused-ring (bicyclic) bond motifs is 1. The van der Waals surface area contributed by atoms with Crippen molar-refractivity contribution in [3.05, 3.63) is 23.9 Å². The fourth-order valence-electron chi connectivity index (χ4n) is 2.68. The van der Waals surface area contributed by atoms with Crippen LogP contribution >= 0.6 is 0 Å². The summed E-state index contributed by atoms with van der Waals surface area (Å²) in [5, 5.41) is 7.60. The summed E-state index contributed by atoms with van der Waals surface area (Å²) in [6, 6.07) is 4.05. The van der Waals surface area contributed by atoms with Gasteiger partial charge in [0, 0.05) is 12.7 Å². The molecule has 1 aliphatic rings. The Bertz CT molecular complexity index is 560. The summed E-state index contributed by atoms with van der Waals surface area (Å²) in [6.45, 7) is 3.53.